The van der Waals surface area contributed by atoms with Gasteiger partial charge in [-0.2, -0.15) is 0 Å². The molecule has 5 heteroatoms. The predicted octanol–water partition coefficient (Wildman–Crippen LogP) is 4.59. The molecule has 0 aliphatic carbocycles. The van der Waals surface area contributed by atoms with E-state index in [0.717, 1.165) is 10.6 Å². The van der Waals surface area contributed by atoms with Crippen LogP contribution < -0.4 is 0 Å². The summed E-state index contributed by atoms with van der Waals surface area (Å²) >= 11 is 7.57. The second kappa shape index (κ2) is 7.38. The number of carbonyl (C=O) groups excluding carboxylic acids is 1. The Hall–Kier alpha value is -1.91. The standard InChI is InChI=1S/C17H17ClN2OS/c1-4-10-20(11-5-2)17(21)15-12(3)19-16(22-15)13-8-6-7-9-14(13)18/h4-9H,1-2,10-11H2,3H3. The molecule has 0 radical (unpaired) electrons. The molecule has 0 N–H and O–H groups in total. The van der Waals surface area contributed by atoms with E-state index in [0.29, 0.717) is 28.7 Å². The zero-order valence-electron chi connectivity index (χ0n) is 12.4. The van der Waals surface area contributed by atoms with Gasteiger partial charge >= 0.3 is 0 Å². The summed E-state index contributed by atoms with van der Waals surface area (Å²) in [5.41, 5.74) is 1.55. The molecule has 22 heavy (non-hydrogen) atoms. The minimum absolute atomic E-state index is 0.0619. The highest BCUT2D eigenvalue weighted by Crippen LogP contribution is 2.33. The Morgan fingerprint density at radius 1 is 1.32 bits per heavy atom. The summed E-state index contributed by atoms with van der Waals surface area (Å²) in [6.07, 6.45) is 3.40. The lowest BCUT2D eigenvalue weighted by atomic mass is 10.2. The highest BCUT2D eigenvalue weighted by Gasteiger charge is 2.21. The van der Waals surface area contributed by atoms with Gasteiger partial charge in [0.1, 0.15) is 9.88 Å². The van der Waals surface area contributed by atoms with Crippen molar-refractivity contribution in [1.82, 2.24) is 9.88 Å². The first kappa shape index (κ1) is 16.5. The minimum Gasteiger partial charge on any atom is -0.330 e. The van der Waals surface area contributed by atoms with E-state index in [4.69, 9.17) is 11.6 Å². The molecule has 1 aromatic carbocycles. The lowest BCUT2D eigenvalue weighted by Crippen LogP contribution is -2.31. The second-order valence-electron chi connectivity index (χ2n) is 4.70. The van der Waals surface area contributed by atoms with Crippen molar-refractivity contribution in [2.75, 3.05) is 13.1 Å². The van der Waals surface area contributed by atoms with Gasteiger partial charge in [-0.25, -0.2) is 4.98 Å². The van der Waals surface area contributed by atoms with E-state index in [9.17, 15) is 4.79 Å². The van der Waals surface area contributed by atoms with Crippen LogP contribution in [0.1, 0.15) is 15.4 Å². The Morgan fingerprint density at radius 2 is 1.95 bits per heavy atom. The Balaban J connectivity index is 2.37. The average molecular weight is 333 g/mol. The third-order valence-electron chi connectivity index (χ3n) is 3.08. The molecular weight excluding hydrogens is 316 g/mol. The van der Waals surface area contributed by atoms with Gasteiger partial charge in [-0.05, 0) is 13.0 Å². The quantitative estimate of drug-likeness (QED) is 0.725. The number of hydrogen-bond acceptors (Lipinski definition) is 3. The largest absolute Gasteiger partial charge is 0.330 e. The first-order chi connectivity index (χ1) is 10.6. The Morgan fingerprint density at radius 3 is 2.55 bits per heavy atom. The minimum atomic E-state index is -0.0619. The first-order valence-corrected chi connectivity index (χ1v) is 8.01. The molecule has 0 fully saturated rings. The first-order valence-electron chi connectivity index (χ1n) is 6.81. The van der Waals surface area contributed by atoms with Crippen LogP contribution in [-0.4, -0.2) is 28.9 Å². The predicted molar refractivity (Wildman–Crippen MR) is 93.6 cm³/mol. The molecule has 0 aliphatic heterocycles. The summed E-state index contributed by atoms with van der Waals surface area (Å²) in [6, 6.07) is 7.49. The van der Waals surface area contributed by atoms with E-state index in [1.807, 2.05) is 31.2 Å². The number of halogens is 1. The fourth-order valence-corrected chi connectivity index (χ4v) is 3.40. The number of benzene rings is 1. The van der Waals surface area contributed by atoms with Crippen LogP contribution in [0.5, 0.6) is 0 Å². The van der Waals surface area contributed by atoms with Crippen LogP contribution in [0.2, 0.25) is 5.02 Å². The van der Waals surface area contributed by atoms with Crippen molar-refractivity contribution < 1.29 is 4.79 Å². The fraction of sp³-hybridized carbons (Fsp3) is 0.176. The number of amides is 1. The third kappa shape index (κ3) is 3.46. The average Bonchev–Trinajstić information content (AvgIpc) is 2.88. The van der Waals surface area contributed by atoms with Gasteiger partial charge in [0.05, 0.1) is 10.7 Å². The van der Waals surface area contributed by atoms with Crippen LogP contribution in [0.3, 0.4) is 0 Å². The molecule has 0 saturated carbocycles. The van der Waals surface area contributed by atoms with Crippen LogP contribution in [0.25, 0.3) is 10.6 Å². The molecule has 114 valence electrons. The van der Waals surface area contributed by atoms with Crippen molar-refractivity contribution in [2.24, 2.45) is 0 Å². The second-order valence-corrected chi connectivity index (χ2v) is 6.11. The molecule has 1 aromatic heterocycles. The Kier molecular flexibility index (Phi) is 5.52. The molecule has 0 bridgehead atoms. The molecule has 3 nitrogen and oxygen atoms in total. The molecule has 1 amide bonds. The molecule has 0 aliphatic rings. The molecule has 0 spiro atoms. The van der Waals surface area contributed by atoms with Crippen molar-refractivity contribution in [3.63, 3.8) is 0 Å². The van der Waals surface area contributed by atoms with Crippen molar-refractivity contribution in [3.8, 4) is 10.6 Å². The number of hydrogen-bond donors (Lipinski definition) is 0. The van der Waals surface area contributed by atoms with Crippen LogP contribution in [0.15, 0.2) is 49.6 Å². The van der Waals surface area contributed by atoms with E-state index >= 15 is 0 Å². The number of carbonyl (C=O) groups is 1. The number of thiazole rings is 1. The summed E-state index contributed by atoms with van der Waals surface area (Å²) in [5.74, 6) is -0.0619. The maximum absolute atomic E-state index is 12.6. The zero-order valence-corrected chi connectivity index (χ0v) is 14.0. The van der Waals surface area contributed by atoms with Gasteiger partial charge in [-0.1, -0.05) is 42.0 Å². The van der Waals surface area contributed by atoms with E-state index < -0.39 is 0 Å². The van der Waals surface area contributed by atoms with Crippen molar-refractivity contribution >= 4 is 28.8 Å². The van der Waals surface area contributed by atoms with E-state index in [1.54, 1.807) is 17.1 Å². The number of aryl methyl sites for hydroxylation is 1. The molecule has 2 rings (SSSR count). The Labute approximate surface area is 139 Å². The molecule has 0 atom stereocenters. The molecule has 0 saturated heterocycles. The summed E-state index contributed by atoms with van der Waals surface area (Å²) in [7, 11) is 0. The zero-order chi connectivity index (χ0) is 16.1. The maximum atomic E-state index is 12.6. The number of aromatic nitrogens is 1. The maximum Gasteiger partial charge on any atom is 0.266 e. The van der Waals surface area contributed by atoms with Crippen LogP contribution in [0.4, 0.5) is 0 Å². The van der Waals surface area contributed by atoms with Gasteiger partial charge in [-0.3, -0.25) is 4.79 Å². The summed E-state index contributed by atoms with van der Waals surface area (Å²) in [5, 5.41) is 1.38. The number of nitrogens with zero attached hydrogens (tertiary/aromatic N) is 2. The molecular formula is C17H17ClN2OS. The van der Waals surface area contributed by atoms with Crippen LogP contribution in [0, 0.1) is 6.92 Å². The van der Waals surface area contributed by atoms with Gasteiger partial charge in [-0.15, -0.1) is 24.5 Å². The van der Waals surface area contributed by atoms with Gasteiger partial charge in [0, 0.05) is 18.7 Å². The molecule has 2 aromatic rings. The smallest absolute Gasteiger partial charge is 0.266 e. The van der Waals surface area contributed by atoms with E-state index in [1.165, 1.54) is 11.3 Å². The van der Waals surface area contributed by atoms with Crippen molar-refractivity contribution in [2.45, 2.75) is 6.92 Å². The summed E-state index contributed by atoms with van der Waals surface area (Å²) in [6.45, 7) is 10.2. The van der Waals surface area contributed by atoms with Crippen molar-refractivity contribution in [3.05, 3.63) is 65.2 Å². The van der Waals surface area contributed by atoms with Gasteiger partial charge in [0.2, 0.25) is 0 Å². The van der Waals surface area contributed by atoms with Gasteiger partial charge < -0.3 is 4.90 Å². The van der Waals surface area contributed by atoms with Crippen LogP contribution >= 0.6 is 22.9 Å². The van der Waals surface area contributed by atoms with E-state index in [2.05, 4.69) is 18.1 Å². The molecule has 0 unspecified atom stereocenters. The SMILES string of the molecule is C=CCN(CC=C)C(=O)c1sc(-c2ccccc2Cl)nc1C. The third-order valence-corrected chi connectivity index (χ3v) is 4.59. The monoisotopic (exact) mass is 332 g/mol. The van der Waals surface area contributed by atoms with Crippen LogP contribution in [-0.2, 0) is 0 Å². The van der Waals surface area contributed by atoms with E-state index in [-0.39, 0.29) is 5.91 Å². The number of rotatable bonds is 6. The molecule has 1 heterocycles. The van der Waals surface area contributed by atoms with Gasteiger partial charge in [0.15, 0.2) is 0 Å². The summed E-state index contributed by atoms with van der Waals surface area (Å²) < 4.78 is 0. The highest BCUT2D eigenvalue weighted by molar-refractivity contribution is 7.17. The van der Waals surface area contributed by atoms with Gasteiger partial charge in [0.25, 0.3) is 5.91 Å². The normalized spacial score (nSPS) is 10.3. The summed E-state index contributed by atoms with van der Waals surface area (Å²) in [4.78, 5) is 19.4. The Bertz CT molecular complexity index is 698. The lowest BCUT2D eigenvalue weighted by molar-refractivity contribution is 0.0794. The topological polar surface area (TPSA) is 33.2 Å². The fourth-order valence-electron chi connectivity index (χ4n) is 2.04. The highest BCUT2D eigenvalue weighted by atomic mass is 35.5. The van der Waals surface area contributed by atoms with Crippen molar-refractivity contribution in [1.29, 1.82) is 0 Å². The lowest BCUT2D eigenvalue weighted by Gasteiger charge is -2.18.